The van der Waals surface area contributed by atoms with Crippen molar-refractivity contribution in [2.45, 2.75) is 13.3 Å². The summed E-state index contributed by atoms with van der Waals surface area (Å²) in [4.78, 5) is 12.9. The fourth-order valence-corrected chi connectivity index (χ4v) is 2.06. The molecule has 2 nitrogen and oxygen atoms in total. The number of hydrogen-bond acceptors (Lipinski definition) is 3. The van der Waals surface area contributed by atoms with Crippen LogP contribution in [0.2, 0.25) is 0 Å². The molecule has 0 fully saturated rings. The number of benzene rings is 1. The normalized spacial score (nSPS) is 10.8. The summed E-state index contributed by atoms with van der Waals surface area (Å²) in [6.07, 6.45) is 5.17. The van der Waals surface area contributed by atoms with Gasteiger partial charge in [-0.3, -0.25) is 4.79 Å². The number of nitrogens with zero attached hydrogens (tertiary/aromatic N) is 1. The van der Waals surface area contributed by atoms with E-state index in [0.717, 1.165) is 12.2 Å². The van der Waals surface area contributed by atoms with Gasteiger partial charge < -0.3 is 4.90 Å². The molecule has 3 heteroatoms. The molecule has 0 bridgehead atoms. The van der Waals surface area contributed by atoms with Crippen LogP contribution in [0.3, 0.4) is 0 Å². The van der Waals surface area contributed by atoms with E-state index < -0.39 is 0 Å². The molecule has 0 aromatic heterocycles. The van der Waals surface area contributed by atoms with E-state index in [1.54, 1.807) is 6.92 Å². The summed E-state index contributed by atoms with van der Waals surface area (Å²) >= 11 is 1.38. The third kappa shape index (κ3) is 5.09. The van der Waals surface area contributed by atoms with E-state index in [9.17, 15) is 4.79 Å². The number of carbonyl (C=O) groups is 1. The summed E-state index contributed by atoms with van der Waals surface area (Å²) in [5, 5.41) is 0.187. The summed E-state index contributed by atoms with van der Waals surface area (Å²) in [5.74, 6) is 0.857. The first-order valence-electron chi connectivity index (χ1n) is 5.67. The van der Waals surface area contributed by atoms with Crippen molar-refractivity contribution in [1.29, 1.82) is 0 Å². The first-order valence-corrected chi connectivity index (χ1v) is 6.66. The summed E-state index contributed by atoms with van der Waals surface area (Å²) < 4.78 is 0. The van der Waals surface area contributed by atoms with E-state index in [1.165, 1.54) is 23.0 Å². The maximum absolute atomic E-state index is 10.8. The van der Waals surface area contributed by atoms with Gasteiger partial charge in [-0.15, -0.1) is 0 Å². The van der Waals surface area contributed by atoms with Crippen molar-refractivity contribution < 1.29 is 4.79 Å². The van der Waals surface area contributed by atoms with Crippen LogP contribution in [0.5, 0.6) is 0 Å². The van der Waals surface area contributed by atoms with E-state index in [4.69, 9.17) is 0 Å². The molecule has 0 radical (unpaired) electrons. The molecule has 0 saturated carbocycles. The van der Waals surface area contributed by atoms with Crippen molar-refractivity contribution >= 4 is 28.6 Å². The Kier molecular flexibility index (Phi) is 5.84. The fraction of sp³-hybridized carbons (Fsp3) is 0.357. The Balaban J connectivity index is 2.56. The highest BCUT2D eigenvalue weighted by atomic mass is 32.2. The third-order valence-corrected chi connectivity index (χ3v) is 3.15. The highest BCUT2D eigenvalue weighted by Gasteiger charge is 1.99. The highest BCUT2D eigenvalue weighted by Crippen LogP contribution is 2.19. The van der Waals surface area contributed by atoms with Gasteiger partial charge in [0.2, 0.25) is 0 Å². The van der Waals surface area contributed by atoms with Crippen molar-refractivity contribution in [2.75, 3.05) is 24.7 Å². The predicted molar refractivity (Wildman–Crippen MR) is 77.6 cm³/mol. The number of thioether (sulfide) groups is 1. The smallest absolute Gasteiger partial charge is 0.185 e. The molecular formula is C14H19NOS. The average Bonchev–Trinajstić information content (AvgIpc) is 2.28. The summed E-state index contributed by atoms with van der Waals surface area (Å²) in [6, 6.07) is 8.28. The minimum absolute atomic E-state index is 0.187. The Morgan fingerprint density at radius 1 is 1.35 bits per heavy atom. The van der Waals surface area contributed by atoms with E-state index in [-0.39, 0.29) is 5.12 Å². The van der Waals surface area contributed by atoms with Gasteiger partial charge in [0.25, 0.3) is 0 Å². The van der Waals surface area contributed by atoms with Gasteiger partial charge in [0.15, 0.2) is 5.12 Å². The van der Waals surface area contributed by atoms with Crippen LogP contribution in [-0.2, 0) is 4.79 Å². The molecule has 1 aromatic carbocycles. The Bertz CT molecular complexity index is 399. The summed E-state index contributed by atoms with van der Waals surface area (Å²) in [5.41, 5.74) is 2.42. The van der Waals surface area contributed by atoms with Crippen LogP contribution in [0.25, 0.3) is 6.08 Å². The topological polar surface area (TPSA) is 20.3 Å². The van der Waals surface area contributed by atoms with Crippen LogP contribution in [0.4, 0.5) is 5.69 Å². The van der Waals surface area contributed by atoms with Crippen molar-refractivity contribution in [3.63, 3.8) is 0 Å². The predicted octanol–water partition coefficient (Wildman–Crippen LogP) is 3.44. The molecule has 0 unspecified atom stereocenters. The van der Waals surface area contributed by atoms with Crippen molar-refractivity contribution in [2.24, 2.45) is 0 Å². The molecule has 0 heterocycles. The van der Waals surface area contributed by atoms with Crippen LogP contribution < -0.4 is 4.90 Å². The Morgan fingerprint density at radius 3 is 2.71 bits per heavy atom. The maximum atomic E-state index is 10.8. The third-order valence-electron chi connectivity index (χ3n) is 2.31. The number of anilines is 1. The SMILES string of the molecule is CC(=O)SCCC=Cc1ccccc1N(C)C. The lowest BCUT2D eigenvalue weighted by molar-refractivity contribution is -0.109. The Hall–Kier alpha value is -1.22. The number of allylic oxidation sites excluding steroid dienone is 1. The zero-order valence-corrected chi connectivity index (χ0v) is 11.5. The number of rotatable bonds is 5. The molecule has 0 aliphatic carbocycles. The maximum Gasteiger partial charge on any atom is 0.185 e. The van der Waals surface area contributed by atoms with Crippen LogP contribution in [0.1, 0.15) is 18.9 Å². The largest absolute Gasteiger partial charge is 0.377 e. The lowest BCUT2D eigenvalue weighted by atomic mass is 10.1. The molecule has 0 spiro atoms. The van der Waals surface area contributed by atoms with Crippen molar-refractivity contribution in [3.05, 3.63) is 35.9 Å². The molecule has 17 heavy (non-hydrogen) atoms. The van der Waals surface area contributed by atoms with Gasteiger partial charge in [-0.2, -0.15) is 0 Å². The van der Waals surface area contributed by atoms with Gasteiger partial charge in [-0.05, 0) is 18.1 Å². The Labute approximate surface area is 108 Å². The second kappa shape index (κ2) is 7.17. The summed E-state index contributed by atoms with van der Waals surface area (Å²) in [7, 11) is 4.08. The summed E-state index contributed by atoms with van der Waals surface area (Å²) in [6.45, 7) is 1.61. The van der Waals surface area contributed by atoms with E-state index in [0.29, 0.717) is 0 Å². The molecule has 1 aromatic rings. The Morgan fingerprint density at radius 2 is 2.06 bits per heavy atom. The van der Waals surface area contributed by atoms with Gasteiger partial charge in [0.05, 0.1) is 0 Å². The van der Waals surface area contributed by atoms with Gasteiger partial charge >= 0.3 is 0 Å². The monoisotopic (exact) mass is 249 g/mol. The van der Waals surface area contributed by atoms with Crippen molar-refractivity contribution in [1.82, 2.24) is 0 Å². The zero-order chi connectivity index (χ0) is 12.7. The lowest BCUT2D eigenvalue weighted by Crippen LogP contribution is -2.09. The highest BCUT2D eigenvalue weighted by molar-refractivity contribution is 8.13. The first-order chi connectivity index (χ1) is 8.11. The lowest BCUT2D eigenvalue weighted by Gasteiger charge is -2.15. The van der Waals surface area contributed by atoms with Gasteiger partial charge in [0, 0.05) is 32.5 Å². The van der Waals surface area contributed by atoms with Crippen LogP contribution in [-0.4, -0.2) is 25.0 Å². The van der Waals surface area contributed by atoms with E-state index >= 15 is 0 Å². The molecule has 0 saturated heterocycles. The van der Waals surface area contributed by atoms with E-state index in [1.807, 2.05) is 26.2 Å². The molecule has 92 valence electrons. The fourth-order valence-electron chi connectivity index (χ4n) is 1.52. The minimum Gasteiger partial charge on any atom is -0.377 e. The second-order valence-electron chi connectivity index (χ2n) is 3.98. The number of carbonyl (C=O) groups excluding carboxylic acids is 1. The van der Waals surface area contributed by atoms with Crippen LogP contribution >= 0.6 is 11.8 Å². The van der Waals surface area contributed by atoms with Crippen LogP contribution in [0, 0.1) is 0 Å². The number of hydrogen-bond donors (Lipinski definition) is 0. The standard InChI is InChI=1S/C14H19NOS/c1-12(16)17-11-7-6-9-13-8-4-5-10-14(13)15(2)3/h4-6,8-10H,7,11H2,1-3H3. The van der Waals surface area contributed by atoms with Crippen molar-refractivity contribution in [3.8, 4) is 0 Å². The van der Waals surface area contributed by atoms with Gasteiger partial charge in [-0.1, -0.05) is 42.1 Å². The molecule has 0 atom stereocenters. The van der Waals surface area contributed by atoms with Gasteiger partial charge in [0.1, 0.15) is 0 Å². The van der Waals surface area contributed by atoms with Gasteiger partial charge in [-0.25, -0.2) is 0 Å². The van der Waals surface area contributed by atoms with E-state index in [2.05, 4.69) is 29.2 Å². The van der Waals surface area contributed by atoms with Crippen LogP contribution in [0.15, 0.2) is 30.3 Å². The molecule has 1 rings (SSSR count). The molecule has 0 N–H and O–H groups in total. The quantitative estimate of drug-likeness (QED) is 0.746. The average molecular weight is 249 g/mol. The first kappa shape index (κ1) is 13.8. The molecule has 0 aliphatic heterocycles. The number of para-hydroxylation sites is 1. The second-order valence-corrected chi connectivity index (χ2v) is 5.26. The molecular weight excluding hydrogens is 230 g/mol. The zero-order valence-electron chi connectivity index (χ0n) is 10.6. The minimum atomic E-state index is 0.187. The molecule has 0 amide bonds. The molecule has 0 aliphatic rings.